The van der Waals surface area contributed by atoms with E-state index in [-0.39, 0.29) is 12.1 Å². The van der Waals surface area contributed by atoms with Gasteiger partial charge in [-0.3, -0.25) is 0 Å². The summed E-state index contributed by atoms with van der Waals surface area (Å²) in [5.41, 5.74) is 5.05. The molecular formula is C18H24N2O2. The van der Waals surface area contributed by atoms with E-state index in [1.807, 2.05) is 19.3 Å². The van der Waals surface area contributed by atoms with Crippen molar-refractivity contribution in [2.24, 2.45) is 0 Å². The third kappa shape index (κ3) is 2.69. The predicted octanol–water partition coefficient (Wildman–Crippen LogP) is 3.45. The van der Waals surface area contributed by atoms with Crippen molar-refractivity contribution in [3.8, 4) is 11.4 Å². The second-order valence-electron chi connectivity index (χ2n) is 6.01. The highest BCUT2D eigenvalue weighted by atomic mass is 16.5. The van der Waals surface area contributed by atoms with Crippen molar-refractivity contribution in [1.82, 2.24) is 9.55 Å². The van der Waals surface area contributed by atoms with Gasteiger partial charge in [0.25, 0.3) is 0 Å². The predicted molar refractivity (Wildman–Crippen MR) is 87.1 cm³/mol. The van der Waals surface area contributed by atoms with Crippen LogP contribution in [0, 0.1) is 20.8 Å². The molecule has 0 saturated carbocycles. The molecule has 1 aromatic heterocycles. The average Bonchev–Trinajstić information content (AvgIpc) is 3.11. The summed E-state index contributed by atoms with van der Waals surface area (Å²) in [6.45, 7) is 10.5. The summed E-state index contributed by atoms with van der Waals surface area (Å²) < 4.78 is 13.7. The number of rotatable bonds is 4. The van der Waals surface area contributed by atoms with E-state index < -0.39 is 0 Å². The lowest BCUT2D eigenvalue weighted by Crippen LogP contribution is -2.25. The van der Waals surface area contributed by atoms with Crippen LogP contribution in [0.3, 0.4) is 0 Å². The van der Waals surface area contributed by atoms with Gasteiger partial charge in [0.15, 0.2) is 0 Å². The van der Waals surface area contributed by atoms with Crippen LogP contribution in [0.1, 0.15) is 29.7 Å². The normalized spacial score (nSPS) is 21.5. The van der Waals surface area contributed by atoms with E-state index in [2.05, 4.69) is 42.5 Å². The van der Waals surface area contributed by atoms with Crippen molar-refractivity contribution in [2.75, 3.05) is 19.8 Å². The smallest absolute Gasteiger partial charge is 0.140 e. The van der Waals surface area contributed by atoms with Crippen LogP contribution in [-0.2, 0) is 9.47 Å². The van der Waals surface area contributed by atoms with Gasteiger partial charge in [-0.2, -0.15) is 0 Å². The molecule has 0 amide bonds. The second kappa shape index (κ2) is 6.23. The third-order valence-corrected chi connectivity index (χ3v) is 4.49. The Hall–Kier alpha value is -1.65. The zero-order chi connectivity index (χ0) is 15.7. The number of aryl methyl sites for hydroxylation is 3. The molecule has 118 valence electrons. The molecule has 0 N–H and O–H groups in total. The molecular weight excluding hydrogens is 276 g/mol. The number of imidazole rings is 1. The Morgan fingerprint density at radius 3 is 2.73 bits per heavy atom. The van der Waals surface area contributed by atoms with Crippen LogP contribution in [0.4, 0.5) is 0 Å². The van der Waals surface area contributed by atoms with Crippen LogP contribution in [-0.4, -0.2) is 35.5 Å². The van der Waals surface area contributed by atoms with E-state index in [1.165, 1.54) is 22.3 Å². The quantitative estimate of drug-likeness (QED) is 0.867. The summed E-state index contributed by atoms with van der Waals surface area (Å²) in [6.07, 6.45) is 4.01. The number of ether oxygens (including phenoxy) is 2. The Bertz CT molecular complexity index is 663. The van der Waals surface area contributed by atoms with Gasteiger partial charge in [0.1, 0.15) is 11.9 Å². The third-order valence-electron chi connectivity index (χ3n) is 4.49. The first-order valence-electron chi connectivity index (χ1n) is 7.92. The highest BCUT2D eigenvalue weighted by Gasteiger charge is 2.31. The fraction of sp³-hybridized carbons (Fsp3) is 0.500. The number of benzene rings is 1. The maximum absolute atomic E-state index is 5.83. The lowest BCUT2D eigenvalue weighted by molar-refractivity contribution is 0.0364. The number of nitrogens with zero attached hydrogens (tertiary/aromatic N) is 2. The fourth-order valence-corrected chi connectivity index (χ4v) is 3.15. The van der Waals surface area contributed by atoms with Crippen LogP contribution in [0.5, 0.6) is 0 Å². The van der Waals surface area contributed by atoms with E-state index in [4.69, 9.17) is 9.47 Å². The standard InChI is InChI=1S/C18H24N2O2/c1-5-22-17-11-21-10-16(17)20-7-6-19-18(20)15-9-13(3)12(2)8-14(15)4/h6-9,16-17H,5,10-11H2,1-4H3/t16-,17-/m0/s1. The Morgan fingerprint density at radius 1 is 1.18 bits per heavy atom. The molecule has 1 aliphatic rings. The topological polar surface area (TPSA) is 36.3 Å². The first kappa shape index (κ1) is 15.3. The molecule has 0 radical (unpaired) electrons. The van der Waals surface area contributed by atoms with E-state index in [9.17, 15) is 0 Å². The van der Waals surface area contributed by atoms with Gasteiger partial charge in [-0.05, 0) is 50.5 Å². The molecule has 2 heterocycles. The summed E-state index contributed by atoms with van der Waals surface area (Å²) in [7, 11) is 0. The molecule has 4 heteroatoms. The summed E-state index contributed by atoms with van der Waals surface area (Å²) >= 11 is 0. The summed E-state index contributed by atoms with van der Waals surface area (Å²) in [4.78, 5) is 4.61. The summed E-state index contributed by atoms with van der Waals surface area (Å²) in [5.74, 6) is 1.00. The molecule has 2 aromatic rings. The Balaban J connectivity index is 2.01. The zero-order valence-corrected chi connectivity index (χ0v) is 13.8. The minimum Gasteiger partial charge on any atom is -0.376 e. The van der Waals surface area contributed by atoms with E-state index >= 15 is 0 Å². The molecule has 22 heavy (non-hydrogen) atoms. The minimum absolute atomic E-state index is 0.102. The summed E-state index contributed by atoms with van der Waals surface area (Å²) in [5, 5.41) is 0. The van der Waals surface area contributed by atoms with Gasteiger partial charge in [0, 0.05) is 24.6 Å². The number of aromatic nitrogens is 2. The minimum atomic E-state index is 0.102. The van der Waals surface area contributed by atoms with Gasteiger partial charge < -0.3 is 14.0 Å². The second-order valence-corrected chi connectivity index (χ2v) is 6.01. The molecule has 1 aliphatic heterocycles. The van der Waals surface area contributed by atoms with Gasteiger partial charge in [0.2, 0.25) is 0 Å². The van der Waals surface area contributed by atoms with E-state index in [0.29, 0.717) is 19.8 Å². The maximum Gasteiger partial charge on any atom is 0.140 e. The Morgan fingerprint density at radius 2 is 1.95 bits per heavy atom. The van der Waals surface area contributed by atoms with Crippen LogP contribution in [0.2, 0.25) is 0 Å². The highest BCUT2D eigenvalue weighted by Crippen LogP contribution is 2.31. The lowest BCUT2D eigenvalue weighted by atomic mass is 10.00. The fourth-order valence-electron chi connectivity index (χ4n) is 3.15. The largest absolute Gasteiger partial charge is 0.376 e. The molecule has 0 unspecified atom stereocenters. The van der Waals surface area contributed by atoms with Gasteiger partial charge in [0.05, 0.1) is 19.3 Å². The lowest BCUT2D eigenvalue weighted by Gasteiger charge is -2.21. The number of hydrogen-bond donors (Lipinski definition) is 0. The maximum atomic E-state index is 5.83. The van der Waals surface area contributed by atoms with Crippen LogP contribution < -0.4 is 0 Å². The van der Waals surface area contributed by atoms with Crippen molar-refractivity contribution in [3.63, 3.8) is 0 Å². The van der Waals surface area contributed by atoms with E-state index in [1.54, 1.807) is 0 Å². The van der Waals surface area contributed by atoms with Crippen molar-refractivity contribution >= 4 is 0 Å². The molecule has 1 aromatic carbocycles. The van der Waals surface area contributed by atoms with Gasteiger partial charge in [-0.15, -0.1) is 0 Å². The molecule has 0 bridgehead atoms. The molecule has 4 nitrogen and oxygen atoms in total. The highest BCUT2D eigenvalue weighted by molar-refractivity contribution is 5.63. The van der Waals surface area contributed by atoms with Crippen LogP contribution in [0.15, 0.2) is 24.5 Å². The molecule has 3 rings (SSSR count). The van der Waals surface area contributed by atoms with Gasteiger partial charge in [-0.1, -0.05) is 6.07 Å². The molecule has 0 spiro atoms. The SMILES string of the molecule is CCO[C@H]1COC[C@@H]1n1ccnc1-c1cc(C)c(C)cc1C. The van der Waals surface area contributed by atoms with Crippen molar-refractivity contribution in [3.05, 3.63) is 41.2 Å². The number of hydrogen-bond acceptors (Lipinski definition) is 3. The molecule has 2 atom stereocenters. The molecule has 0 aliphatic carbocycles. The van der Waals surface area contributed by atoms with Crippen LogP contribution >= 0.6 is 0 Å². The van der Waals surface area contributed by atoms with E-state index in [0.717, 1.165) is 5.82 Å². The van der Waals surface area contributed by atoms with Crippen molar-refractivity contribution in [1.29, 1.82) is 0 Å². The van der Waals surface area contributed by atoms with Crippen LogP contribution in [0.25, 0.3) is 11.4 Å². The van der Waals surface area contributed by atoms with Crippen molar-refractivity contribution < 1.29 is 9.47 Å². The van der Waals surface area contributed by atoms with Gasteiger partial charge >= 0.3 is 0 Å². The zero-order valence-electron chi connectivity index (χ0n) is 13.8. The Labute approximate surface area is 132 Å². The average molecular weight is 300 g/mol. The first-order valence-corrected chi connectivity index (χ1v) is 7.92. The van der Waals surface area contributed by atoms with Gasteiger partial charge in [-0.25, -0.2) is 4.98 Å². The molecule has 1 fully saturated rings. The monoisotopic (exact) mass is 300 g/mol. The van der Waals surface area contributed by atoms with Crippen molar-refractivity contribution in [2.45, 2.75) is 39.8 Å². The summed E-state index contributed by atoms with van der Waals surface area (Å²) in [6, 6.07) is 4.66. The molecule has 1 saturated heterocycles. The first-order chi connectivity index (χ1) is 10.6. The Kier molecular flexibility index (Phi) is 4.32.